The van der Waals surface area contributed by atoms with Crippen molar-refractivity contribution in [3.05, 3.63) is 45.4 Å². The minimum absolute atomic E-state index is 0.0242. The number of phenolic OH excluding ortho intramolecular Hbond substituents is 1. The number of primary amides is 1. The van der Waals surface area contributed by atoms with E-state index in [1.54, 1.807) is 6.07 Å². The Morgan fingerprint density at radius 3 is 2.51 bits per heavy atom. The number of nitrogens with one attached hydrogen (secondary N) is 1. The van der Waals surface area contributed by atoms with Crippen LogP contribution in [0.5, 0.6) is 5.75 Å². The molecule has 39 heavy (non-hydrogen) atoms. The summed E-state index contributed by atoms with van der Waals surface area (Å²) in [6.07, 6.45) is 2.58. The molecule has 0 radical (unpaired) electrons. The van der Waals surface area contributed by atoms with Gasteiger partial charge < -0.3 is 41.3 Å². The molecule has 5 rings (SSSR count). The number of carbonyl (C=O) groups is 3. The molecule has 1 saturated heterocycles. The first kappa shape index (κ1) is 27.2. The number of likely N-dealkylation sites (tertiary alicyclic amines) is 1. The van der Waals surface area contributed by atoms with Gasteiger partial charge in [-0.05, 0) is 61.9 Å². The van der Waals surface area contributed by atoms with Crippen LogP contribution in [0.4, 0.5) is 5.69 Å². The Kier molecular flexibility index (Phi) is 6.94. The number of phenols is 1. The van der Waals surface area contributed by atoms with E-state index in [1.165, 1.54) is 12.8 Å². The number of aliphatic hydroxyl groups excluding tert-OH is 2. The van der Waals surface area contributed by atoms with E-state index in [0.29, 0.717) is 12.1 Å². The third kappa shape index (κ3) is 4.29. The van der Waals surface area contributed by atoms with Crippen LogP contribution in [0.25, 0.3) is 0 Å². The highest BCUT2D eigenvalue weighted by Gasteiger charge is 2.59. The summed E-state index contributed by atoms with van der Waals surface area (Å²) in [6, 6.07) is 1.55. The largest absolute Gasteiger partial charge is 0.511 e. The zero-order valence-electron chi connectivity index (χ0n) is 22.3. The Morgan fingerprint density at radius 1 is 1.18 bits per heavy atom. The number of hydrogen-bond donors (Lipinski definition) is 6. The number of hydrogen-bond acceptors (Lipinski definition) is 10. The van der Waals surface area contributed by atoms with Crippen molar-refractivity contribution in [1.82, 2.24) is 10.2 Å². The molecule has 7 N–H and O–H groups in total. The van der Waals surface area contributed by atoms with E-state index in [1.807, 2.05) is 19.0 Å². The zero-order valence-corrected chi connectivity index (χ0v) is 22.3. The van der Waals surface area contributed by atoms with E-state index in [4.69, 9.17) is 5.73 Å². The molecule has 1 amide bonds. The summed E-state index contributed by atoms with van der Waals surface area (Å²) in [5.41, 5.74) is 4.04. The summed E-state index contributed by atoms with van der Waals surface area (Å²) in [7, 11) is 3.72. The lowest BCUT2D eigenvalue weighted by Gasteiger charge is -2.46. The lowest BCUT2D eigenvalue weighted by atomic mass is 9.60. The fourth-order valence-electron chi connectivity index (χ4n) is 6.90. The van der Waals surface area contributed by atoms with Crippen molar-refractivity contribution in [3.8, 4) is 5.75 Å². The molecule has 11 heteroatoms. The summed E-state index contributed by atoms with van der Waals surface area (Å²) in [5.74, 6) is -6.25. The molecule has 1 aliphatic heterocycles. The number of benzene rings is 1. The van der Waals surface area contributed by atoms with E-state index < -0.39 is 52.0 Å². The maximum Gasteiger partial charge on any atom is 0.255 e. The monoisotopic (exact) mass is 540 g/mol. The molecule has 1 fully saturated rings. The molecule has 1 aromatic carbocycles. The predicted octanol–water partition coefficient (Wildman–Crippen LogP) is 0.832. The average molecular weight is 541 g/mol. The summed E-state index contributed by atoms with van der Waals surface area (Å²) < 4.78 is 0. The molecule has 4 aliphatic rings. The van der Waals surface area contributed by atoms with Gasteiger partial charge in [-0.2, -0.15) is 0 Å². The second-order valence-electron chi connectivity index (χ2n) is 11.3. The van der Waals surface area contributed by atoms with Gasteiger partial charge in [-0.3, -0.25) is 14.4 Å². The summed E-state index contributed by atoms with van der Waals surface area (Å²) in [4.78, 5) is 43.0. The van der Waals surface area contributed by atoms with Gasteiger partial charge in [-0.1, -0.05) is 0 Å². The fraction of sp³-hybridized carbons (Fsp3) is 0.536. The highest BCUT2D eigenvalue weighted by atomic mass is 16.3. The van der Waals surface area contributed by atoms with Gasteiger partial charge in [0.2, 0.25) is 5.78 Å². The molecule has 210 valence electrons. The number of nitrogens with zero attached hydrogens (tertiary/aromatic N) is 2. The van der Waals surface area contributed by atoms with Crippen LogP contribution < -0.4 is 16.0 Å². The SMILES string of the molecule is CN(C)c1c(CNCCN2CCCC2)cc(O)c2c1CC1C[C@H]3CC(O)=C(C(N)=O)C(=O)[C@@]3(O)C(O)=C1C2=O. The van der Waals surface area contributed by atoms with Crippen LogP contribution >= 0.6 is 0 Å². The van der Waals surface area contributed by atoms with Crippen molar-refractivity contribution in [1.29, 1.82) is 0 Å². The van der Waals surface area contributed by atoms with Gasteiger partial charge in [0, 0.05) is 57.3 Å². The first-order valence-corrected chi connectivity index (χ1v) is 13.4. The molecule has 1 aromatic rings. The number of nitrogens with two attached hydrogens (primary N) is 1. The summed E-state index contributed by atoms with van der Waals surface area (Å²) in [6.45, 7) is 4.42. The second-order valence-corrected chi connectivity index (χ2v) is 11.3. The molecular weight excluding hydrogens is 504 g/mol. The molecule has 1 unspecified atom stereocenters. The van der Waals surface area contributed by atoms with Crippen LogP contribution in [0.1, 0.15) is 47.2 Å². The lowest BCUT2D eigenvalue weighted by molar-refractivity contribution is -0.144. The Bertz CT molecular complexity index is 1310. The topological polar surface area (TPSA) is 177 Å². The summed E-state index contributed by atoms with van der Waals surface area (Å²) >= 11 is 0. The number of amides is 1. The number of aliphatic hydroxyl groups is 3. The van der Waals surface area contributed by atoms with Gasteiger partial charge in [-0.15, -0.1) is 0 Å². The second kappa shape index (κ2) is 9.96. The molecule has 1 heterocycles. The molecular formula is C28H36N4O7. The minimum atomic E-state index is -2.56. The van der Waals surface area contributed by atoms with Gasteiger partial charge in [0.05, 0.1) is 5.56 Å². The standard InChI is InChI=1S/C28H36N4O7/c1-31(2)23-15(13-30-5-8-32-6-3-4-7-32)11-18(33)21-17(23)10-14-9-16-12-19(34)22(27(29)38)26(37)28(16,39)25(36)20(14)24(21)35/h11,14,16,30,33-34,36,39H,3-10,12-13H2,1-2H3,(H2,29,38)/t14?,16-,28-/m0/s1. The number of aromatic hydroxyl groups is 1. The van der Waals surface area contributed by atoms with Crippen LogP contribution in [0.15, 0.2) is 28.7 Å². The van der Waals surface area contributed by atoms with Crippen LogP contribution in [-0.4, -0.2) is 88.7 Å². The van der Waals surface area contributed by atoms with Crippen LogP contribution in [0.3, 0.4) is 0 Å². The quantitative estimate of drug-likeness (QED) is 0.214. The smallest absolute Gasteiger partial charge is 0.255 e. The molecule has 0 saturated carbocycles. The van der Waals surface area contributed by atoms with Crippen molar-refractivity contribution in [2.45, 2.75) is 44.2 Å². The zero-order chi connectivity index (χ0) is 28.2. The number of carbonyl (C=O) groups excluding carboxylic acids is 3. The maximum absolute atomic E-state index is 13.8. The van der Waals surface area contributed by atoms with E-state index in [0.717, 1.165) is 37.4 Å². The summed E-state index contributed by atoms with van der Waals surface area (Å²) in [5, 5.41) is 47.4. The van der Waals surface area contributed by atoms with Gasteiger partial charge in [0.25, 0.3) is 5.91 Å². The highest BCUT2D eigenvalue weighted by Crippen LogP contribution is 2.52. The number of rotatable bonds is 7. The van der Waals surface area contributed by atoms with Crippen LogP contribution in [-0.2, 0) is 22.6 Å². The Morgan fingerprint density at radius 2 is 1.87 bits per heavy atom. The predicted molar refractivity (Wildman–Crippen MR) is 143 cm³/mol. The van der Waals surface area contributed by atoms with Gasteiger partial charge in [0.1, 0.15) is 22.8 Å². The van der Waals surface area contributed by atoms with E-state index in [9.17, 15) is 34.8 Å². The van der Waals surface area contributed by atoms with Crippen molar-refractivity contribution in [2.24, 2.45) is 17.6 Å². The van der Waals surface area contributed by atoms with E-state index >= 15 is 0 Å². The van der Waals surface area contributed by atoms with Crippen molar-refractivity contribution in [2.75, 3.05) is 45.2 Å². The number of Topliss-reactive ketones (excluding diaryl/α,β-unsaturated/α-hetero) is 2. The van der Waals surface area contributed by atoms with Gasteiger partial charge in [0.15, 0.2) is 11.4 Å². The average Bonchev–Trinajstić information content (AvgIpc) is 3.37. The maximum atomic E-state index is 13.8. The molecule has 0 spiro atoms. The lowest BCUT2D eigenvalue weighted by Crippen LogP contribution is -2.57. The number of allylic oxidation sites excluding steroid dienone is 2. The van der Waals surface area contributed by atoms with Crippen molar-refractivity contribution in [3.63, 3.8) is 0 Å². The number of ketones is 2. The molecule has 3 aliphatic carbocycles. The van der Waals surface area contributed by atoms with E-state index in [-0.39, 0.29) is 36.1 Å². The molecule has 0 bridgehead atoms. The normalized spacial score (nSPS) is 26.9. The Labute approximate surface area is 226 Å². The molecule has 11 nitrogen and oxygen atoms in total. The Balaban J connectivity index is 1.51. The highest BCUT2D eigenvalue weighted by molar-refractivity contribution is 6.24. The van der Waals surface area contributed by atoms with Crippen LogP contribution in [0, 0.1) is 11.8 Å². The van der Waals surface area contributed by atoms with Gasteiger partial charge in [-0.25, -0.2) is 0 Å². The number of anilines is 1. The molecule has 0 aromatic heterocycles. The van der Waals surface area contributed by atoms with Crippen LogP contribution in [0.2, 0.25) is 0 Å². The third-order valence-corrected chi connectivity index (χ3v) is 8.68. The van der Waals surface area contributed by atoms with Gasteiger partial charge >= 0.3 is 0 Å². The van der Waals surface area contributed by atoms with E-state index in [2.05, 4.69) is 10.2 Å². The van der Waals surface area contributed by atoms with Crippen molar-refractivity contribution >= 4 is 23.2 Å². The van der Waals surface area contributed by atoms with Crippen molar-refractivity contribution < 1.29 is 34.8 Å². The number of fused-ring (bicyclic) bond motifs is 3. The first-order chi connectivity index (χ1) is 18.5. The first-order valence-electron chi connectivity index (χ1n) is 13.4. The Hall–Kier alpha value is -3.41. The third-order valence-electron chi connectivity index (χ3n) is 8.68. The fourth-order valence-corrected chi connectivity index (χ4v) is 6.90. The molecule has 3 atom stereocenters. The minimum Gasteiger partial charge on any atom is -0.511 e.